The van der Waals surface area contributed by atoms with Crippen molar-refractivity contribution in [2.24, 2.45) is 0 Å². The molecule has 124 valence electrons. The lowest BCUT2D eigenvalue weighted by Gasteiger charge is -2.18. The van der Waals surface area contributed by atoms with Crippen LogP contribution in [-0.4, -0.2) is 27.8 Å². The Labute approximate surface area is 135 Å². The molecule has 6 nitrogen and oxygen atoms in total. The Balaban J connectivity index is 1.89. The van der Waals surface area contributed by atoms with Crippen LogP contribution in [0.3, 0.4) is 0 Å². The standard InChI is InChI=1S/C17H23N3O3/c1-12(2)17-20-19-16(23-17)9-8-15(22)18-14(10-11-21)13-6-4-3-5-7-13/h3-7,12,14,21H,8-11H2,1-2H3,(H,18,22). The summed E-state index contributed by atoms with van der Waals surface area (Å²) in [7, 11) is 0. The molecule has 1 aromatic carbocycles. The highest BCUT2D eigenvalue weighted by Gasteiger charge is 2.15. The van der Waals surface area contributed by atoms with E-state index in [-0.39, 0.29) is 30.9 Å². The molecular formula is C17H23N3O3. The van der Waals surface area contributed by atoms with Crippen LogP contribution in [0.2, 0.25) is 0 Å². The lowest BCUT2D eigenvalue weighted by atomic mass is 10.0. The average Bonchev–Trinajstić information content (AvgIpc) is 3.03. The summed E-state index contributed by atoms with van der Waals surface area (Å²) in [6, 6.07) is 9.43. The maximum atomic E-state index is 12.1. The number of nitrogens with zero attached hydrogens (tertiary/aromatic N) is 2. The van der Waals surface area contributed by atoms with Crippen LogP contribution in [0.1, 0.15) is 56.0 Å². The summed E-state index contributed by atoms with van der Waals surface area (Å²) in [5, 5.41) is 20.0. The Morgan fingerprint density at radius 2 is 2.00 bits per heavy atom. The molecule has 0 radical (unpaired) electrons. The van der Waals surface area contributed by atoms with Crippen molar-refractivity contribution < 1.29 is 14.3 Å². The molecule has 0 aliphatic heterocycles. The number of amides is 1. The molecule has 0 aliphatic rings. The number of nitrogens with one attached hydrogen (secondary N) is 1. The van der Waals surface area contributed by atoms with Crippen molar-refractivity contribution in [1.29, 1.82) is 0 Å². The Morgan fingerprint density at radius 1 is 1.26 bits per heavy atom. The number of aliphatic hydroxyl groups is 1. The highest BCUT2D eigenvalue weighted by Crippen LogP contribution is 2.17. The molecule has 1 atom stereocenters. The van der Waals surface area contributed by atoms with Gasteiger partial charge in [-0.15, -0.1) is 10.2 Å². The Kier molecular flexibility index (Phi) is 6.29. The Morgan fingerprint density at radius 3 is 2.61 bits per heavy atom. The zero-order valence-corrected chi connectivity index (χ0v) is 13.5. The van der Waals surface area contributed by atoms with Crippen molar-refractivity contribution in [1.82, 2.24) is 15.5 Å². The van der Waals surface area contributed by atoms with Crippen LogP contribution in [0.15, 0.2) is 34.7 Å². The summed E-state index contributed by atoms with van der Waals surface area (Å²) in [4.78, 5) is 12.1. The molecule has 2 rings (SSSR count). The third-order valence-electron chi connectivity index (χ3n) is 3.50. The fraction of sp³-hybridized carbons (Fsp3) is 0.471. The van der Waals surface area contributed by atoms with Gasteiger partial charge in [-0.2, -0.15) is 0 Å². The Bertz CT molecular complexity index is 611. The molecule has 6 heteroatoms. The minimum absolute atomic E-state index is 0.0151. The van der Waals surface area contributed by atoms with E-state index in [0.29, 0.717) is 24.6 Å². The van der Waals surface area contributed by atoms with Crippen molar-refractivity contribution in [3.8, 4) is 0 Å². The van der Waals surface area contributed by atoms with Crippen LogP contribution in [0, 0.1) is 0 Å². The number of aryl methyl sites for hydroxylation is 1. The third-order valence-corrected chi connectivity index (χ3v) is 3.50. The quantitative estimate of drug-likeness (QED) is 0.780. The van der Waals surface area contributed by atoms with E-state index in [1.54, 1.807) is 0 Å². The first-order chi connectivity index (χ1) is 11.1. The van der Waals surface area contributed by atoms with Crippen LogP contribution < -0.4 is 5.32 Å². The predicted molar refractivity (Wildman–Crippen MR) is 85.7 cm³/mol. The molecule has 23 heavy (non-hydrogen) atoms. The summed E-state index contributed by atoms with van der Waals surface area (Å²) in [5.41, 5.74) is 0.981. The lowest BCUT2D eigenvalue weighted by Crippen LogP contribution is -2.29. The largest absolute Gasteiger partial charge is 0.425 e. The molecule has 1 amide bonds. The first kappa shape index (κ1) is 17.1. The zero-order valence-electron chi connectivity index (χ0n) is 13.5. The fourth-order valence-electron chi connectivity index (χ4n) is 2.22. The monoisotopic (exact) mass is 317 g/mol. The lowest BCUT2D eigenvalue weighted by molar-refractivity contribution is -0.122. The molecule has 0 saturated heterocycles. The normalized spacial score (nSPS) is 12.3. The Hall–Kier alpha value is -2.21. The molecule has 2 aromatic rings. The first-order valence-electron chi connectivity index (χ1n) is 7.87. The van der Waals surface area contributed by atoms with Crippen LogP contribution in [-0.2, 0) is 11.2 Å². The van der Waals surface area contributed by atoms with Gasteiger partial charge in [0.25, 0.3) is 0 Å². The molecule has 1 unspecified atom stereocenters. The van der Waals surface area contributed by atoms with E-state index in [2.05, 4.69) is 15.5 Å². The van der Waals surface area contributed by atoms with Crippen LogP contribution in [0.4, 0.5) is 0 Å². The number of aromatic nitrogens is 2. The highest BCUT2D eigenvalue weighted by atomic mass is 16.4. The molecule has 0 aliphatic carbocycles. The van der Waals surface area contributed by atoms with E-state index in [1.165, 1.54) is 0 Å². The van der Waals surface area contributed by atoms with Crippen molar-refractivity contribution in [2.75, 3.05) is 6.61 Å². The van der Waals surface area contributed by atoms with Crippen LogP contribution in [0.25, 0.3) is 0 Å². The van der Waals surface area contributed by atoms with Gasteiger partial charge in [0.1, 0.15) is 0 Å². The summed E-state index contributed by atoms with van der Waals surface area (Å²) >= 11 is 0. The van der Waals surface area contributed by atoms with E-state index in [0.717, 1.165) is 5.56 Å². The maximum Gasteiger partial charge on any atom is 0.220 e. The molecule has 2 N–H and O–H groups in total. The van der Waals surface area contributed by atoms with Gasteiger partial charge >= 0.3 is 0 Å². The minimum Gasteiger partial charge on any atom is -0.425 e. The van der Waals surface area contributed by atoms with Gasteiger partial charge in [-0.05, 0) is 12.0 Å². The van der Waals surface area contributed by atoms with E-state index < -0.39 is 0 Å². The van der Waals surface area contributed by atoms with Crippen molar-refractivity contribution in [2.45, 2.75) is 45.1 Å². The SMILES string of the molecule is CC(C)c1nnc(CCC(=O)NC(CCO)c2ccccc2)o1. The topological polar surface area (TPSA) is 88.2 Å². The molecule has 1 heterocycles. The van der Waals surface area contributed by atoms with Gasteiger partial charge in [0.15, 0.2) is 0 Å². The van der Waals surface area contributed by atoms with E-state index in [9.17, 15) is 9.90 Å². The smallest absolute Gasteiger partial charge is 0.220 e. The van der Waals surface area contributed by atoms with E-state index in [4.69, 9.17) is 4.42 Å². The summed E-state index contributed by atoms with van der Waals surface area (Å²) in [6.45, 7) is 3.97. The minimum atomic E-state index is -0.192. The molecule has 0 saturated carbocycles. The maximum absolute atomic E-state index is 12.1. The van der Waals surface area contributed by atoms with Gasteiger partial charge in [0, 0.05) is 25.4 Å². The number of carbonyl (C=O) groups excluding carboxylic acids is 1. The fourth-order valence-corrected chi connectivity index (χ4v) is 2.22. The van der Waals surface area contributed by atoms with Crippen molar-refractivity contribution >= 4 is 5.91 Å². The van der Waals surface area contributed by atoms with E-state index in [1.807, 2.05) is 44.2 Å². The summed E-state index contributed by atoms with van der Waals surface area (Å²) < 4.78 is 5.49. The van der Waals surface area contributed by atoms with Crippen molar-refractivity contribution in [3.05, 3.63) is 47.7 Å². The third kappa shape index (κ3) is 5.17. The predicted octanol–water partition coefficient (Wildman–Crippen LogP) is 2.37. The van der Waals surface area contributed by atoms with Gasteiger partial charge in [0.05, 0.1) is 6.04 Å². The van der Waals surface area contributed by atoms with Crippen molar-refractivity contribution in [3.63, 3.8) is 0 Å². The number of aliphatic hydroxyl groups excluding tert-OH is 1. The molecule has 0 bridgehead atoms. The second-order valence-corrected chi connectivity index (χ2v) is 5.73. The van der Waals surface area contributed by atoms with E-state index >= 15 is 0 Å². The zero-order chi connectivity index (χ0) is 16.7. The second-order valence-electron chi connectivity index (χ2n) is 5.73. The van der Waals surface area contributed by atoms with Crippen LogP contribution >= 0.6 is 0 Å². The van der Waals surface area contributed by atoms with Gasteiger partial charge in [-0.25, -0.2) is 0 Å². The second kappa shape index (κ2) is 8.43. The highest BCUT2D eigenvalue weighted by molar-refractivity contribution is 5.76. The molecule has 0 spiro atoms. The van der Waals surface area contributed by atoms with Gasteiger partial charge in [0.2, 0.25) is 17.7 Å². The number of hydrogen-bond donors (Lipinski definition) is 2. The first-order valence-corrected chi connectivity index (χ1v) is 7.87. The summed E-state index contributed by atoms with van der Waals surface area (Å²) in [6.07, 6.45) is 1.16. The van der Waals surface area contributed by atoms with Gasteiger partial charge in [-0.1, -0.05) is 44.2 Å². The van der Waals surface area contributed by atoms with Gasteiger partial charge < -0.3 is 14.8 Å². The van der Waals surface area contributed by atoms with Crippen LogP contribution in [0.5, 0.6) is 0 Å². The van der Waals surface area contributed by atoms with Gasteiger partial charge in [-0.3, -0.25) is 4.79 Å². The number of carbonyl (C=O) groups is 1. The molecule has 1 aromatic heterocycles. The average molecular weight is 317 g/mol. The number of benzene rings is 1. The molecular weight excluding hydrogens is 294 g/mol. The molecule has 0 fully saturated rings. The number of hydrogen-bond acceptors (Lipinski definition) is 5. The number of rotatable bonds is 8. The summed E-state index contributed by atoms with van der Waals surface area (Å²) in [5.74, 6) is 1.14.